The second kappa shape index (κ2) is 8.60. The average Bonchev–Trinajstić information content (AvgIpc) is 3.48. The fourth-order valence-electron chi connectivity index (χ4n) is 5.13. The van der Waals surface area contributed by atoms with Gasteiger partial charge in [-0.15, -0.1) is 0 Å². The van der Waals surface area contributed by atoms with E-state index in [4.69, 9.17) is 38.9 Å². The van der Waals surface area contributed by atoms with Crippen molar-refractivity contribution in [1.82, 2.24) is 0 Å². The number of carbonyl (C=O) groups is 2. The summed E-state index contributed by atoms with van der Waals surface area (Å²) in [6, 6.07) is 7.26. The molecule has 10 heteroatoms. The van der Waals surface area contributed by atoms with Gasteiger partial charge < -0.3 is 38.9 Å². The third-order valence-corrected chi connectivity index (χ3v) is 6.59. The van der Waals surface area contributed by atoms with Crippen LogP contribution in [-0.2, 0) is 19.1 Å². The van der Waals surface area contributed by atoms with Crippen molar-refractivity contribution in [3.05, 3.63) is 41.0 Å². The summed E-state index contributed by atoms with van der Waals surface area (Å²) in [5.41, 5.74) is 7.74. The molecule has 5 rings (SSSR count). The molecule has 2 aromatic carbocycles. The highest BCUT2D eigenvalue weighted by Gasteiger charge is 2.54. The van der Waals surface area contributed by atoms with E-state index >= 15 is 0 Å². The van der Waals surface area contributed by atoms with E-state index in [9.17, 15) is 9.59 Å². The lowest BCUT2D eigenvalue weighted by atomic mass is 9.66. The summed E-state index contributed by atoms with van der Waals surface area (Å²) in [6.07, 6.45) is -0.727. The molecule has 0 spiro atoms. The van der Waals surface area contributed by atoms with Crippen molar-refractivity contribution in [3.63, 3.8) is 0 Å². The Bertz CT molecular complexity index is 1120. The van der Waals surface area contributed by atoms with Crippen LogP contribution in [0.5, 0.6) is 28.7 Å². The minimum absolute atomic E-state index is 0.0786. The fourth-order valence-corrected chi connectivity index (χ4v) is 5.13. The molecule has 0 bridgehead atoms. The van der Waals surface area contributed by atoms with Crippen LogP contribution < -0.4 is 29.4 Å². The number of carbonyl (C=O) groups excluding carboxylic acids is 2. The Morgan fingerprint density at radius 2 is 1.62 bits per heavy atom. The van der Waals surface area contributed by atoms with Crippen LogP contribution in [0.4, 0.5) is 0 Å². The normalized spacial score (nSPS) is 24.1. The predicted octanol–water partition coefficient (Wildman–Crippen LogP) is 1.92. The molecular formula is C24H25NO9. The molecule has 2 aliphatic heterocycles. The SMILES string of the molecule is COc1cc([C@@H]2c3cc4c(cc3[C@H](OC(=O)CN)[C@H]3COC(=O)[C@H]23)OCO4)cc(OC)c1OC. The van der Waals surface area contributed by atoms with Crippen LogP contribution in [0.2, 0.25) is 0 Å². The van der Waals surface area contributed by atoms with Gasteiger partial charge in [0.05, 0.1) is 40.4 Å². The minimum atomic E-state index is -0.727. The fraction of sp³-hybridized carbons (Fsp3) is 0.417. The maximum absolute atomic E-state index is 13.0. The number of fused-ring (bicyclic) bond motifs is 3. The summed E-state index contributed by atoms with van der Waals surface area (Å²) < 4.78 is 39.0. The lowest BCUT2D eigenvalue weighted by Crippen LogP contribution is -2.37. The van der Waals surface area contributed by atoms with Gasteiger partial charge in [0.2, 0.25) is 12.5 Å². The second-order valence-corrected chi connectivity index (χ2v) is 8.20. The highest BCUT2D eigenvalue weighted by Crippen LogP contribution is 2.56. The van der Waals surface area contributed by atoms with Crippen molar-refractivity contribution in [2.45, 2.75) is 12.0 Å². The second-order valence-electron chi connectivity index (χ2n) is 8.20. The summed E-state index contributed by atoms with van der Waals surface area (Å²) in [4.78, 5) is 25.2. The van der Waals surface area contributed by atoms with Gasteiger partial charge in [0.1, 0.15) is 6.10 Å². The van der Waals surface area contributed by atoms with Gasteiger partial charge >= 0.3 is 11.9 Å². The Kier molecular flexibility index (Phi) is 5.60. The van der Waals surface area contributed by atoms with Crippen LogP contribution >= 0.6 is 0 Å². The van der Waals surface area contributed by atoms with Crippen molar-refractivity contribution in [2.75, 3.05) is 41.3 Å². The van der Waals surface area contributed by atoms with Gasteiger partial charge in [0.25, 0.3) is 0 Å². The number of hydrogen-bond acceptors (Lipinski definition) is 10. The molecule has 2 N–H and O–H groups in total. The molecule has 3 aliphatic rings. The van der Waals surface area contributed by atoms with Gasteiger partial charge in [-0.3, -0.25) is 9.59 Å². The third-order valence-electron chi connectivity index (χ3n) is 6.59. The van der Waals surface area contributed by atoms with Crippen LogP contribution in [0.15, 0.2) is 24.3 Å². The molecule has 0 saturated carbocycles. The zero-order valence-corrected chi connectivity index (χ0v) is 19.0. The van der Waals surface area contributed by atoms with Crippen molar-refractivity contribution in [1.29, 1.82) is 0 Å². The molecule has 0 radical (unpaired) electrons. The molecule has 4 atom stereocenters. The van der Waals surface area contributed by atoms with E-state index in [1.165, 1.54) is 21.3 Å². The van der Waals surface area contributed by atoms with E-state index in [0.717, 1.165) is 11.1 Å². The lowest BCUT2D eigenvalue weighted by molar-refractivity contribution is -0.152. The molecule has 10 nitrogen and oxygen atoms in total. The summed E-state index contributed by atoms with van der Waals surface area (Å²) in [6.45, 7) is -0.0884. The van der Waals surface area contributed by atoms with Gasteiger partial charge in [-0.05, 0) is 35.4 Å². The van der Waals surface area contributed by atoms with E-state index in [-0.39, 0.29) is 25.9 Å². The van der Waals surface area contributed by atoms with Gasteiger partial charge in [0.15, 0.2) is 23.0 Å². The number of methoxy groups -OCH3 is 3. The first-order chi connectivity index (χ1) is 16.5. The Labute approximate surface area is 195 Å². The molecule has 0 aromatic heterocycles. The Balaban J connectivity index is 1.73. The first-order valence-corrected chi connectivity index (χ1v) is 10.8. The van der Waals surface area contributed by atoms with Crippen molar-refractivity contribution >= 4 is 11.9 Å². The van der Waals surface area contributed by atoms with E-state index in [1.54, 1.807) is 6.07 Å². The van der Waals surface area contributed by atoms with E-state index in [0.29, 0.717) is 34.3 Å². The predicted molar refractivity (Wildman–Crippen MR) is 116 cm³/mol. The van der Waals surface area contributed by atoms with Gasteiger partial charge in [-0.25, -0.2) is 0 Å². The third kappa shape index (κ3) is 3.37. The summed E-state index contributed by atoms with van der Waals surface area (Å²) in [5, 5.41) is 0. The number of esters is 2. The monoisotopic (exact) mass is 471 g/mol. The molecule has 34 heavy (non-hydrogen) atoms. The quantitative estimate of drug-likeness (QED) is 0.625. The first-order valence-electron chi connectivity index (χ1n) is 10.8. The zero-order valence-electron chi connectivity index (χ0n) is 19.0. The number of cyclic esters (lactones) is 1. The Hall–Kier alpha value is -3.66. The first kappa shape index (κ1) is 22.1. The van der Waals surface area contributed by atoms with E-state index in [1.807, 2.05) is 18.2 Å². The smallest absolute Gasteiger partial charge is 0.320 e. The zero-order chi connectivity index (χ0) is 24.0. The Morgan fingerprint density at radius 1 is 0.971 bits per heavy atom. The van der Waals surface area contributed by atoms with Gasteiger partial charge in [-0.2, -0.15) is 0 Å². The Morgan fingerprint density at radius 3 is 2.21 bits per heavy atom. The molecular weight excluding hydrogens is 446 g/mol. The molecule has 2 heterocycles. The maximum Gasteiger partial charge on any atom is 0.320 e. The number of rotatable bonds is 6. The van der Waals surface area contributed by atoms with Crippen LogP contribution in [0.3, 0.4) is 0 Å². The van der Waals surface area contributed by atoms with Crippen molar-refractivity contribution < 1.29 is 42.7 Å². The highest BCUT2D eigenvalue weighted by atomic mass is 16.7. The molecule has 0 amide bonds. The summed E-state index contributed by atoms with van der Waals surface area (Å²) >= 11 is 0. The maximum atomic E-state index is 13.0. The summed E-state index contributed by atoms with van der Waals surface area (Å²) in [7, 11) is 4.59. The van der Waals surface area contributed by atoms with Crippen LogP contribution in [0.25, 0.3) is 0 Å². The standard InChI is InChI=1S/C24H25NO9/c1-28-17-4-11(5-18(29-2)23(17)30-3)20-12-6-15-16(33-10-32-15)7-13(12)22(34-19(26)8-25)14-9-31-24(27)21(14)20/h4-7,14,20-22H,8-10,25H2,1-3H3/t14-,20+,21-,22-/m0/s1. The number of benzene rings is 2. The minimum Gasteiger partial charge on any atom is -0.493 e. The topological polar surface area (TPSA) is 125 Å². The van der Waals surface area contributed by atoms with Crippen molar-refractivity contribution in [2.24, 2.45) is 17.6 Å². The molecule has 2 aromatic rings. The van der Waals surface area contributed by atoms with Gasteiger partial charge in [0, 0.05) is 17.4 Å². The summed E-state index contributed by atoms with van der Waals surface area (Å²) in [5.74, 6) is 0.00843. The molecule has 1 fully saturated rings. The van der Waals surface area contributed by atoms with Gasteiger partial charge in [-0.1, -0.05) is 0 Å². The number of hydrogen-bond donors (Lipinski definition) is 1. The lowest BCUT2D eigenvalue weighted by Gasteiger charge is -2.38. The molecule has 1 saturated heterocycles. The van der Waals surface area contributed by atoms with E-state index in [2.05, 4.69) is 0 Å². The van der Waals surface area contributed by atoms with Crippen LogP contribution in [0.1, 0.15) is 28.7 Å². The van der Waals surface area contributed by atoms with Crippen LogP contribution in [0, 0.1) is 11.8 Å². The number of ether oxygens (including phenoxy) is 7. The molecule has 0 unspecified atom stereocenters. The van der Waals surface area contributed by atoms with E-state index < -0.39 is 29.8 Å². The average molecular weight is 471 g/mol. The van der Waals surface area contributed by atoms with Crippen LogP contribution in [-0.4, -0.2) is 53.2 Å². The molecule has 1 aliphatic carbocycles. The largest absolute Gasteiger partial charge is 0.493 e. The van der Waals surface area contributed by atoms with Crippen molar-refractivity contribution in [3.8, 4) is 28.7 Å². The molecule has 180 valence electrons. The highest BCUT2D eigenvalue weighted by molar-refractivity contribution is 5.79. The number of nitrogens with two attached hydrogens (primary N) is 1.